The van der Waals surface area contributed by atoms with E-state index < -0.39 is 5.97 Å². The summed E-state index contributed by atoms with van der Waals surface area (Å²) in [7, 11) is 1.51. The van der Waals surface area contributed by atoms with Crippen molar-refractivity contribution in [1.29, 1.82) is 0 Å². The van der Waals surface area contributed by atoms with Gasteiger partial charge in [0.15, 0.2) is 0 Å². The van der Waals surface area contributed by atoms with Crippen LogP contribution in [0.4, 0.5) is 11.4 Å². The quantitative estimate of drug-likeness (QED) is 0.846. The van der Waals surface area contributed by atoms with E-state index >= 15 is 0 Å². The molecule has 0 spiro atoms. The molecule has 0 aliphatic carbocycles. The van der Waals surface area contributed by atoms with Crippen molar-refractivity contribution in [2.45, 2.75) is 0 Å². The van der Waals surface area contributed by atoms with E-state index in [0.717, 1.165) is 10.0 Å². The first-order valence-electron chi connectivity index (χ1n) is 5.58. The average molecular weight is 317 g/mol. The number of hydrogen-bond acceptors (Lipinski definition) is 3. The fraction of sp³-hybridized carbons (Fsp3) is 0.0714. The first kappa shape index (κ1) is 13.5. The van der Waals surface area contributed by atoms with Crippen molar-refractivity contribution in [1.82, 2.24) is 0 Å². The second kappa shape index (κ2) is 5.81. The molecule has 4 nitrogen and oxygen atoms in total. The fourth-order valence-corrected chi connectivity index (χ4v) is 2.11. The van der Waals surface area contributed by atoms with E-state index in [1.165, 1.54) is 13.2 Å². The van der Waals surface area contributed by atoms with Crippen LogP contribution < -0.4 is 14.4 Å². The number of carboxylic acids is 1. The van der Waals surface area contributed by atoms with Crippen LogP contribution in [-0.2, 0) is 0 Å². The molecular weight excluding hydrogens is 305 g/mol. The first-order chi connectivity index (χ1) is 9.11. The van der Waals surface area contributed by atoms with Gasteiger partial charge in [0.25, 0.3) is 0 Å². The number of nitrogens with one attached hydrogen (secondary N) is 1. The van der Waals surface area contributed by atoms with Gasteiger partial charge in [-0.25, -0.2) is 0 Å². The van der Waals surface area contributed by atoms with E-state index in [1.807, 2.05) is 24.3 Å². The molecule has 96 valence electrons. The van der Waals surface area contributed by atoms with Crippen LogP contribution in [0.15, 0.2) is 42.5 Å². The van der Waals surface area contributed by atoms with Gasteiger partial charge in [0.05, 0.1) is 0 Å². The molecule has 0 saturated heterocycles. The summed E-state index contributed by atoms with van der Waals surface area (Å²) in [6, 6.07) is 12.6. The maximum absolute atomic E-state index is 11.3. The zero-order valence-corrected chi connectivity index (χ0v) is 12.1. The van der Waals surface area contributed by atoms with Crippen molar-refractivity contribution in [2.24, 2.45) is 0 Å². The molecule has 0 fully saturated rings. The van der Waals surface area contributed by atoms with Crippen LogP contribution in [0.5, 0.6) is 5.75 Å². The second-order valence-corrected chi connectivity index (χ2v) is 4.87. The molecule has 0 aliphatic rings. The van der Waals surface area contributed by atoms with Crippen LogP contribution in [0.25, 0.3) is 0 Å². The van der Waals surface area contributed by atoms with Gasteiger partial charge in [-0.05, 0) is 0 Å². The molecule has 0 unspecified atom stereocenters. The fourth-order valence-electron chi connectivity index (χ4n) is 1.66. The van der Waals surface area contributed by atoms with Gasteiger partial charge in [0, 0.05) is 0 Å². The Kier molecular flexibility index (Phi) is 4.12. The van der Waals surface area contributed by atoms with Gasteiger partial charge in [-0.3, -0.25) is 0 Å². The first-order valence-corrected chi connectivity index (χ1v) is 6.52. The van der Waals surface area contributed by atoms with Gasteiger partial charge in [0.1, 0.15) is 0 Å². The molecule has 0 saturated carbocycles. The van der Waals surface area contributed by atoms with Crippen molar-refractivity contribution in [3.8, 4) is 5.75 Å². The van der Waals surface area contributed by atoms with Crippen molar-refractivity contribution in [2.75, 3.05) is 12.4 Å². The Hall–Kier alpha value is -1.93. The summed E-state index contributed by atoms with van der Waals surface area (Å²) >= 11 is 2.45. The predicted octanol–water partition coefficient (Wildman–Crippen LogP) is 1.93. The number of aromatic carboxylic acids is 1. The predicted molar refractivity (Wildman–Crippen MR) is 75.1 cm³/mol. The number of rotatable bonds is 4. The van der Waals surface area contributed by atoms with Gasteiger partial charge < -0.3 is 0 Å². The van der Waals surface area contributed by atoms with E-state index in [9.17, 15) is 9.90 Å². The van der Waals surface area contributed by atoms with E-state index in [0.29, 0.717) is 11.4 Å². The van der Waals surface area contributed by atoms with Gasteiger partial charge >= 0.3 is 119 Å². The monoisotopic (exact) mass is 317 g/mol. The number of benzene rings is 2. The number of carbonyl (C=O) groups is 1. The average Bonchev–Trinajstić information content (AvgIpc) is 2.41. The Morgan fingerprint density at radius 2 is 1.95 bits per heavy atom. The van der Waals surface area contributed by atoms with Crippen LogP contribution in [0, 0.1) is 0 Å². The summed E-state index contributed by atoms with van der Waals surface area (Å²) in [4.78, 5) is 11.3. The molecule has 0 atom stereocenters. The van der Waals surface area contributed by atoms with Crippen LogP contribution in [0.2, 0.25) is 0 Å². The van der Waals surface area contributed by atoms with Gasteiger partial charge in [-0.2, -0.15) is 0 Å². The molecule has 2 N–H and O–H groups in total. The van der Waals surface area contributed by atoms with Crippen LogP contribution >= 0.6 is 0 Å². The normalized spacial score (nSPS) is 10.0. The zero-order chi connectivity index (χ0) is 13.8. The molecule has 19 heavy (non-hydrogen) atoms. The van der Waals surface area contributed by atoms with Gasteiger partial charge in [0.2, 0.25) is 0 Å². The van der Waals surface area contributed by atoms with Crippen molar-refractivity contribution in [3.05, 3.63) is 48.0 Å². The summed E-state index contributed by atoms with van der Waals surface area (Å²) in [5, 5.41) is 12.4. The Bertz CT molecular complexity index is 613. The summed E-state index contributed by atoms with van der Waals surface area (Å²) in [6.07, 6.45) is 0. The summed E-state index contributed by atoms with van der Waals surface area (Å²) < 4.78 is 6.03. The van der Waals surface area contributed by atoms with Gasteiger partial charge in [-0.15, -0.1) is 0 Å². The molecule has 2 rings (SSSR count). The molecule has 0 heterocycles. The molecular formula is C14H12AsNO3. The number of carboxylic acid groups (broad SMARTS) is 1. The van der Waals surface area contributed by atoms with Crippen LogP contribution in [0.3, 0.4) is 0 Å². The molecule has 2 aromatic carbocycles. The Morgan fingerprint density at radius 3 is 2.58 bits per heavy atom. The molecule has 5 heteroatoms. The number of methoxy groups -OCH3 is 1. The van der Waals surface area contributed by atoms with Crippen LogP contribution in [0.1, 0.15) is 10.4 Å². The SMILES string of the molecule is COc1ccc(Nc2ccccc2[As])c(C(=O)O)c1. The molecule has 0 aliphatic heterocycles. The number of ether oxygens (including phenoxy) is 1. The topological polar surface area (TPSA) is 58.6 Å². The van der Waals surface area contributed by atoms with Crippen LogP contribution in [-0.4, -0.2) is 35.0 Å². The van der Waals surface area contributed by atoms with Gasteiger partial charge in [-0.1, -0.05) is 0 Å². The summed E-state index contributed by atoms with van der Waals surface area (Å²) in [5.41, 5.74) is 1.57. The molecule has 0 aromatic heterocycles. The molecule has 2 radical (unpaired) electrons. The molecule has 0 amide bonds. The third kappa shape index (κ3) is 3.09. The Morgan fingerprint density at radius 1 is 1.21 bits per heavy atom. The summed E-state index contributed by atoms with van der Waals surface area (Å²) in [5.74, 6) is -0.479. The summed E-state index contributed by atoms with van der Waals surface area (Å²) in [6.45, 7) is 0. The van der Waals surface area contributed by atoms with Crippen molar-refractivity contribution in [3.63, 3.8) is 0 Å². The Labute approximate surface area is 119 Å². The van der Waals surface area contributed by atoms with E-state index in [2.05, 4.69) is 22.2 Å². The van der Waals surface area contributed by atoms with E-state index in [4.69, 9.17) is 4.74 Å². The molecule has 0 bridgehead atoms. The number of hydrogen-bond donors (Lipinski definition) is 2. The number of para-hydroxylation sites is 1. The Balaban J connectivity index is 2.40. The third-order valence-electron chi connectivity index (χ3n) is 2.63. The minimum atomic E-state index is -0.996. The standard InChI is InChI=1S/C14H12AsNO3/c1-19-9-6-7-12(10(8-9)14(17)18)16-13-5-3-2-4-11(13)15/h2-8,16H,1H3,(H,17,18). The minimum absolute atomic E-state index is 0.176. The molecule has 2 aromatic rings. The van der Waals surface area contributed by atoms with Crippen molar-refractivity contribution < 1.29 is 14.6 Å². The zero-order valence-electron chi connectivity index (χ0n) is 10.3. The maximum atomic E-state index is 11.3. The van der Waals surface area contributed by atoms with E-state index in [-0.39, 0.29) is 5.56 Å². The third-order valence-corrected chi connectivity index (χ3v) is 3.45. The number of anilines is 2. The van der Waals surface area contributed by atoms with E-state index in [1.54, 1.807) is 12.1 Å². The van der Waals surface area contributed by atoms with Crippen molar-refractivity contribution >= 4 is 38.5 Å². The second-order valence-electron chi connectivity index (χ2n) is 3.86.